The van der Waals surface area contributed by atoms with E-state index in [0.29, 0.717) is 0 Å². The van der Waals surface area contributed by atoms with Crippen molar-refractivity contribution in [3.8, 4) is 0 Å². The normalized spacial score (nSPS) is 17.2. The fraction of sp³-hybridized carbons (Fsp3) is 0.462. The van der Waals surface area contributed by atoms with Gasteiger partial charge in [-0.05, 0) is 25.3 Å². The molecule has 1 fully saturated rings. The molecule has 17 heavy (non-hydrogen) atoms. The Balaban J connectivity index is 1.99. The van der Waals surface area contributed by atoms with Crippen molar-refractivity contribution in [1.82, 2.24) is 9.21 Å². The van der Waals surface area contributed by atoms with Crippen LogP contribution in [0.3, 0.4) is 0 Å². The van der Waals surface area contributed by atoms with Crippen LogP contribution in [0.25, 0.3) is 0 Å². The molecule has 0 N–H and O–H groups in total. The summed E-state index contributed by atoms with van der Waals surface area (Å²) < 4.78 is 2.29. The van der Waals surface area contributed by atoms with E-state index in [4.69, 9.17) is 0 Å². The van der Waals surface area contributed by atoms with Crippen LogP contribution < -0.4 is 0 Å². The molecule has 1 aliphatic rings. The van der Waals surface area contributed by atoms with E-state index < -0.39 is 0 Å². The van der Waals surface area contributed by atoms with E-state index in [0.717, 1.165) is 31.7 Å². The Morgan fingerprint density at radius 1 is 1.12 bits per heavy atom. The fourth-order valence-corrected chi connectivity index (χ4v) is 2.48. The number of piperazine rings is 1. The van der Waals surface area contributed by atoms with E-state index >= 15 is 0 Å². The van der Waals surface area contributed by atoms with Gasteiger partial charge in [0.25, 0.3) is 5.91 Å². The molecule has 0 unspecified atom stereocenters. The molecule has 1 heterocycles. The average molecular weight is 250 g/mol. The third kappa shape index (κ3) is 3.01. The van der Waals surface area contributed by atoms with Gasteiger partial charge in [0, 0.05) is 31.7 Å². The van der Waals surface area contributed by atoms with E-state index in [9.17, 15) is 4.79 Å². The minimum Gasteiger partial charge on any atom is -0.336 e. The number of benzene rings is 1. The summed E-state index contributed by atoms with van der Waals surface area (Å²) in [6, 6.07) is 7.81. The van der Waals surface area contributed by atoms with Crippen molar-refractivity contribution in [1.29, 1.82) is 0 Å². The highest BCUT2D eigenvalue weighted by atomic mass is 32.2. The molecule has 1 saturated heterocycles. The van der Waals surface area contributed by atoms with Gasteiger partial charge in [-0.2, -0.15) is 0 Å². The van der Waals surface area contributed by atoms with Crippen LogP contribution in [0.15, 0.2) is 24.3 Å². The molecule has 1 aromatic carbocycles. The molecule has 3 nitrogen and oxygen atoms in total. The molecule has 0 spiro atoms. The molecule has 1 aromatic rings. The first-order valence-corrected chi connectivity index (χ1v) is 7.04. The zero-order chi connectivity index (χ0) is 12.3. The molecule has 92 valence electrons. The number of aryl methyl sites for hydroxylation is 1. The lowest BCUT2D eigenvalue weighted by Crippen LogP contribution is -2.46. The molecular formula is C13H18N2OS. The zero-order valence-electron chi connectivity index (χ0n) is 10.3. The Kier molecular flexibility index (Phi) is 4.07. The standard InChI is InChI=1S/C13H18N2OS/c1-11-3-5-12(6-4-11)13(16)14-7-9-15(17-2)10-8-14/h3-6H,7-10H2,1-2H3. The van der Waals surface area contributed by atoms with Crippen molar-refractivity contribution < 1.29 is 4.79 Å². The summed E-state index contributed by atoms with van der Waals surface area (Å²) >= 11 is 1.75. The van der Waals surface area contributed by atoms with Gasteiger partial charge in [0.1, 0.15) is 0 Å². The Morgan fingerprint density at radius 2 is 1.71 bits per heavy atom. The monoisotopic (exact) mass is 250 g/mol. The van der Waals surface area contributed by atoms with Crippen LogP contribution in [0.2, 0.25) is 0 Å². The highest BCUT2D eigenvalue weighted by molar-refractivity contribution is 7.96. The van der Waals surface area contributed by atoms with Crippen molar-refractivity contribution in [3.63, 3.8) is 0 Å². The van der Waals surface area contributed by atoms with Crippen molar-refractivity contribution in [3.05, 3.63) is 35.4 Å². The highest BCUT2D eigenvalue weighted by Gasteiger charge is 2.21. The average Bonchev–Trinajstić information content (AvgIpc) is 2.39. The van der Waals surface area contributed by atoms with Gasteiger partial charge in [-0.3, -0.25) is 4.79 Å². The lowest BCUT2D eigenvalue weighted by molar-refractivity contribution is 0.0704. The van der Waals surface area contributed by atoms with Crippen molar-refractivity contribution in [2.45, 2.75) is 6.92 Å². The number of hydrogen-bond acceptors (Lipinski definition) is 3. The van der Waals surface area contributed by atoms with Crippen molar-refractivity contribution >= 4 is 17.9 Å². The first-order chi connectivity index (χ1) is 8.20. The maximum atomic E-state index is 12.2. The van der Waals surface area contributed by atoms with Crippen LogP contribution in [0.4, 0.5) is 0 Å². The molecule has 0 radical (unpaired) electrons. The van der Waals surface area contributed by atoms with Gasteiger partial charge >= 0.3 is 0 Å². The van der Waals surface area contributed by atoms with Crippen molar-refractivity contribution in [2.75, 3.05) is 32.4 Å². The summed E-state index contributed by atoms with van der Waals surface area (Å²) in [5.74, 6) is 0.158. The van der Waals surface area contributed by atoms with E-state index in [-0.39, 0.29) is 5.91 Å². The quantitative estimate of drug-likeness (QED) is 0.750. The van der Waals surface area contributed by atoms with Gasteiger partial charge in [-0.1, -0.05) is 29.6 Å². The molecule has 0 saturated carbocycles. The Morgan fingerprint density at radius 3 is 2.24 bits per heavy atom. The van der Waals surface area contributed by atoms with Gasteiger partial charge in [0.2, 0.25) is 0 Å². The van der Waals surface area contributed by atoms with Gasteiger partial charge in [0.05, 0.1) is 0 Å². The number of amides is 1. The Labute approximate surface area is 107 Å². The van der Waals surface area contributed by atoms with Crippen molar-refractivity contribution in [2.24, 2.45) is 0 Å². The van der Waals surface area contributed by atoms with Gasteiger partial charge in [0.15, 0.2) is 0 Å². The van der Waals surface area contributed by atoms with Crippen LogP contribution in [0, 0.1) is 6.92 Å². The minimum absolute atomic E-state index is 0.158. The first-order valence-electron chi connectivity index (χ1n) is 5.85. The lowest BCUT2D eigenvalue weighted by Gasteiger charge is -2.33. The first kappa shape index (κ1) is 12.5. The number of carbonyl (C=O) groups is 1. The number of rotatable bonds is 2. The smallest absolute Gasteiger partial charge is 0.253 e. The maximum Gasteiger partial charge on any atom is 0.253 e. The van der Waals surface area contributed by atoms with E-state index in [1.165, 1.54) is 5.56 Å². The summed E-state index contributed by atoms with van der Waals surface area (Å²) in [5.41, 5.74) is 1.99. The summed E-state index contributed by atoms with van der Waals surface area (Å²) in [4.78, 5) is 14.1. The molecule has 0 aliphatic carbocycles. The highest BCUT2D eigenvalue weighted by Crippen LogP contribution is 2.13. The van der Waals surface area contributed by atoms with Crippen LogP contribution in [-0.2, 0) is 0 Å². The molecule has 4 heteroatoms. The molecule has 2 rings (SSSR count). The van der Waals surface area contributed by atoms with E-state index in [1.807, 2.05) is 36.1 Å². The fourth-order valence-electron chi connectivity index (χ4n) is 1.95. The predicted octanol–water partition coefficient (Wildman–Crippen LogP) is 2.03. The van der Waals surface area contributed by atoms with Gasteiger partial charge in [-0.15, -0.1) is 0 Å². The predicted molar refractivity (Wildman–Crippen MR) is 72.2 cm³/mol. The zero-order valence-corrected chi connectivity index (χ0v) is 11.2. The SMILES string of the molecule is CSN1CCN(C(=O)c2ccc(C)cc2)CC1. The number of hydrogen-bond donors (Lipinski definition) is 0. The summed E-state index contributed by atoms with van der Waals surface area (Å²) in [6.45, 7) is 5.60. The summed E-state index contributed by atoms with van der Waals surface area (Å²) in [5, 5.41) is 0. The van der Waals surface area contributed by atoms with Gasteiger partial charge in [-0.25, -0.2) is 4.31 Å². The van der Waals surface area contributed by atoms with Crippen LogP contribution in [0.5, 0.6) is 0 Å². The van der Waals surface area contributed by atoms with E-state index in [1.54, 1.807) is 11.9 Å². The second-order valence-electron chi connectivity index (χ2n) is 4.27. The molecule has 0 atom stereocenters. The second kappa shape index (κ2) is 5.56. The Hall–Kier alpha value is -1.00. The summed E-state index contributed by atoms with van der Waals surface area (Å²) in [7, 11) is 0. The van der Waals surface area contributed by atoms with Crippen LogP contribution in [-0.4, -0.2) is 47.5 Å². The third-order valence-electron chi connectivity index (χ3n) is 3.08. The molecule has 0 bridgehead atoms. The van der Waals surface area contributed by atoms with Crippen LogP contribution in [0.1, 0.15) is 15.9 Å². The molecule has 1 aliphatic heterocycles. The van der Waals surface area contributed by atoms with Crippen LogP contribution >= 0.6 is 11.9 Å². The largest absolute Gasteiger partial charge is 0.336 e. The molecule has 0 aromatic heterocycles. The topological polar surface area (TPSA) is 23.6 Å². The second-order valence-corrected chi connectivity index (χ2v) is 5.15. The van der Waals surface area contributed by atoms with E-state index in [2.05, 4.69) is 10.6 Å². The summed E-state index contributed by atoms with van der Waals surface area (Å²) in [6.07, 6.45) is 2.08. The Bertz CT molecular complexity index is 383. The number of carbonyl (C=O) groups excluding carboxylic acids is 1. The number of nitrogens with zero attached hydrogens (tertiary/aromatic N) is 2. The molecule has 1 amide bonds. The molecular weight excluding hydrogens is 232 g/mol. The van der Waals surface area contributed by atoms with Gasteiger partial charge < -0.3 is 4.90 Å². The lowest BCUT2D eigenvalue weighted by atomic mass is 10.1. The minimum atomic E-state index is 0.158. The third-order valence-corrected chi connectivity index (χ3v) is 3.96. The maximum absolute atomic E-state index is 12.2.